The van der Waals surface area contributed by atoms with Crippen LogP contribution in [-0.2, 0) is 0 Å². The molecule has 0 aliphatic rings. The molecular weight excluding hydrogens is 771 g/mol. The van der Waals surface area contributed by atoms with Gasteiger partial charge in [0.25, 0.3) is 0 Å². The molecule has 11 aromatic rings. The lowest BCUT2D eigenvalue weighted by molar-refractivity contribution is 0.583. The van der Waals surface area contributed by atoms with Crippen molar-refractivity contribution in [1.29, 1.82) is 0 Å². The molecule has 0 aliphatic carbocycles. The van der Waals surface area contributed by atoms with Crippen molar-refractivity contribution in [3.63, 3.8) is 0 Å². The quantitative estimate of drug-likeness (QED) is 0.123. The van der Waals surface area contributed by atoms with Crippen LogP contribution in [0.15, 0.2) is 164 Å². The topological polar surface area (TPSA) is 19.4 Å². The highest BCUT2D eigenvalue weighted by molar-refractivity contribution is 7.26. The number of hydrogen-bond donors (Lipinski definition) is 0. The fourth-order valence-electron chi connectivity index (χ4n) is 8.15. The Morgan fingerprint density at radius 1 is 0.345 bits per heavy atom. The first kappa shape index (κ1) is 34.4. The zero-order chi connectivity index (χ0) is 39.1. The second-order valence-corrected chi connectivity index (χ2v) is 16.3. The number of rotatable bonds is 6. The molecule has 278 valence electrons. The number of fused-ring (bicyclic) bond motifs is 9. The third-order valence-electron chi connectivity index (χ3n) is 10.6. The highest BCUT2D eigenvalue weighted by atomic mass is 32.1. The molecule has 0 amide bonds. The molecule has 0 N–H and O–H groups in total. The van der Waals surface area contributed by atoms with Crippen molar-refractivity contribution in [3.05, 3.63) is 187 Å². The molecule has 0 spiro atoms. The molecule has 8 aromatic carbocycles. The summed E-state index contributed by atoms with van der Waals surface area (Å²) in [5, 5.41) is 8.20. The number of hydrogen-bond acceptors (Lipinski definition) is 5. The number of pyridine rings is 1. The Hall–Kier alpha value is -6.81. The molecule has 0 saturated heterocycles. The summed E-state index contributed by atoms with van der Waals surface area (Å²) >= 11 is 3.25. The smallest absolute Gasteiger partial charge is 0.128 e. The largest absolute Gasteiger partial charge is 0.310 e. The third-order valence-corrected chi connectivity index (χ3v) is 12.9. The third kappa shape index (κ3) is 5.81. The Morgan fingerprint density at radius 2 is 0.793 bits per heavy atom. The Balaban J connectivity index is 1.03. The second-order valence-electron chi connectivity index (χ2n) is 14.2. The van der Waals surface area contributed by atoms with Crippen LogP contribution < -0.4 is 9.80 Å². The molecule has 11 rings (SSSR count). The number of thiophene rings is 2. The van der Waals surface area contributed by atoms with Gasteiger partial charge in [0.2, 0.25) is 0 Å². The monoisotopic (exact) mass is 797 g/mol. The molecule has 0 saturated carbocycles. The van der Waals surface area contributed by atoms with Gasteiger partial charge in [-0.2, -0.15) is 0 Å². The lowest BCUT2D eigenvalue weighted by Gasteiger charge is -2.27. The van der Waals surface area contributed by atoms with Crippen LogP contribution in [0.1, 0.15) is 0 Å². The summed E-state index contributed by atoms with van der Waals surface area (Å²) in [6.07, 6.45) is 1.77. The van der Waals surface area contributed by atoms with Gasteiger partial charge in [0.1, 0.15) is 28.1 Å². The van der Waals surface area contributed by atoms with Crippen LogP contribution in [0.25, 0.3) is 62.0 Å². The Kier molecular flexibility index (Phi) is 7.96. The first-order valence-corrected chi connectivity index (χ1v) is 20.1. The summed E-state index contributed by atoms with van der Waals surface area (Å²) in [5.74, 6) is -2.68. The van der Waals surface area contributed by atoms with E-state index >= 15 is 0 Å². The maximum atomic E-state index is 14.8. The van der Waals surface area contributed by atoms with Gasteiger partial charge in [-0.3, -0.25) is 0 Å². The van der Waals surface area contributed by atoms with Crippen molar-refractivity contribution in [2.45, 2.75) is 0 Å². The number of nitrogens with zero attached hydrogens (tertiary/aromatic N) is 3. The van der Waals surface area contributed by atoms with E-state index in [2.05, 4.69) is 29.2 Å². The highest BCUT2D eigenvalue weighted by Crippen LogP contribution is 2.44. The summed E-state index contributed by atoms with van der Waals surface area (Å²) in [5.41, 5.74) is 3.69. The normalized spacial score (nSPS) is 11.8. The Labute approximate surface area is 336 Å². The van der Waals surface area contributed by atoms with Crippen LogP contribution in [-0.4, -0.2) is 4.98 Å². The van der Waals surface area contributed by atoms with Gasteiger partial charge in [-0.25, -0.2) is 22.5 Å². The van der Waals surface area contributed by atoms with Crippen LogP contribution in [0.5, 0.6) is 0 Å². The van der Waals surface area contributed by atoms with Crippen molar-refractivity contribution in [2.75, 3.05) is 9.80 Å². The molecule has 3 heterocycles. The molecule has 3 aromatic heterocycles. The van der Waals surface area contributed by atoms with E-state index in [0.29, 0.717) is 11.4 Å². The van der Waals surface area contributed by atoms with E-state index in [-0.39, 0.29) is 0 Å². The van der Waals surface area contributed by atoms with Gasteiger partial charge in [-0.15, -0.1) is 22.7 Å². The van der Waals surface area contributed by atoms with Crippen molar-refractivity contribution >= 4 is 119 Å². The first-order valence-electron chi connectivity index (χ1n) is 18.5. The van der Waals surface area contributed by atoms with Gasteiger partial charge in [-0.05, 0) is 113 Å². The fraction of sp³-hybridized carbons (Fsp3) is 0. The predicted molar refractivity (Wildman–Crippen MR) is 234 cm³/mol. The van der Waals surface area contributed by atoms with Crippen LogP contribution in [0.2, 0.25) is 0 Å². The summed E-state index contributed by atoms with van der Waals surface area (Å²) < 4.78 is 62.4. The van der Waals surface area contributed by atoms with E-state index in [1.165, 1.54) is 34.4 Å². The molecule has 0 bridgehead atoms. The zero-order valence-electron chi connectivity index (χ0n) is 30.3. The maximum Gasteiger partial charge on any atom is 0.128 e. The van der Waals surface area contributed by atoms with Gasteiger partial charge in [0.15, 0.2) is 0 Å². The number of benzene rings is 8. The Bertz CT molecular complexity index is 3180. The van der Waals surface area contributed by atoms with Crippen LogP contribution >= 0.6 is 22.7 Å². The van der Waals surface area contributed by atoms with E-state index in [1.807, 2.05) is 107 Å². The predicted octanol–water partition coefficient (Wildman–Crippen LogP) is 15.6. The molecule has 0 radical (unpaired) electrons. The minimum absolute atomic E-state index is 0.351. The van der Waals surface area contributed by atoms with Gasteiger partial charge in [0, 0.05) is 76.7 Å². The van der Waals surface area contributed by atoms with Crippen molar-refractivity contribution in [1.82, 2.24) is 4.98 Å². The summed E-state index contributed by atoms with van der Waals surface area (Å²) in [6.45, 7) is 0. The van der Waals surface area contributed by atoms with Crippen molar-refractivity contribution in [3.8, 4) is 0 Å². The number of aromatic nitrogens is 1. The molecule has 3 nitrogen and oxygen atoms in total. The standard InChI is InChI=1S/C49H27F4N3S2/c50-30-20-31(51)23-38(22-30)55(36-11-15-43-42-4-1-2-6-46(42)57-47(43)26-36)34-9-13-40-28(18-34)7-8-29-19-35(10-14-41(29)40)56(39-24-32(52)21-33(53)25-39)37-12-16-44-45-5-3-17-54-49(45)58-48(44)27-37/h1-27H. The fourth-order valence-corrected chi connectivity index (χ4v) is 10.4. The molecule has 0 aliphatic heterocycles. The molecule has 9 heteroatoms. The SMILES string of the molecule is Fc1cc(F)cc(N(c2ccc3c(ccc4cc(N(c5cc(F)cc(F)c5)c5ccc6c(c5)sc5ncccc56)ccc43)c2)c2ccc3c(c2)sc2ccccc23)c1. The van der Waals surface area contributed by atoms with E-state index < -0.39 is 23.3 Å². The molecule has 0 unspecified atom stereocenters. The van der Waals surface area contributed by atoms with Crippen LogP contribution in [0.3, 0.4) is 0 Å². The van der Waals surface area contributed by atoms with Gasteiger partial charge in [-0.1, -0.05) is 54.6 Å². The average Bonchev–Trinajstić information content (AvgIpc) is 3.78. The van der Waals surface area contributed by atoms with E-state index in [1.54, 1.807) is 28.9 Å². The lowest BCUT2D eigenvalue weighted by atomic mass is 10.00. The maximum absolute atomic E-state index is 14.8. The Morgan fingerprint density at radius 3 is 1.36 bits per heavy atom. The molecule has 0 atom stereocenters. The van der Waals surface area contributed by atoms with Gasteiger partial charge < -0.3 is 9.80 Å². The zero-order valence-corrected chi connectivity index (χ0v) is 31.9. The van der Waals surface area contributed by atoms with E-state index in [4.69, 9.17) is 0 Å². The van der Waals surface area contributed by atoms with Crippen molar-refractivity contribution in [2.24, 2.45) is 0 Å². The number of anilines is 6. The molecule has 58 heavy (non-hydrogen) atoms. The van der Waals surface area contributed by atoms with Crippen LogP contribution in [0, 0.1) is 23.3 Å². The minimum atomic E-state index is -0.673. The number of halogens is 4. The summed E-state index contributed by atoms with van der Waals surface area (Å²) in [7, 11) is 0. The lowest BCUT2D eigenvalue weighted by Crippen LogP contribution is -2.11. The molecule has 0 fully saturated rings. The van der Waals surface area contributed by atoms with E-state index in [9.17, 15) is 17.6 Å². The van der Waals surface area contributed by atoms with Gasteiger partial charge >= 0.3 is 0 Å². The molecular formula is C49H27F4N3S2. The van der Waals surface area contributed by atoms with E-state index in [0.717, 1.165) is 86.8 Å². The average molecular weight is 798 g/mol. The minimum Gasteiger partial charge on any atom is -0.310 e. The highest BCUT2D eigenvalue weighted by Gasteiger charge is 2.20. The van der Waals surface area contributed by atoms with Gasteiger partial charge in [0.05, 0.1) is 11.4 Å². The second kappa shape index (κ2) is 13.4. The van der Waals surface area contributed by atoms with Crippen molar-refractivity contribution < 1.29 is 17.6 Å². The summed E-state index contributed by atoms with van der Waals surface area (Å²) in [4.78, 5) is 9.19. The first-order chi connectivity index (χ1) is 28.3. The summed E-state index contributed by atoms with van der Waals surface area (Å²) in [6, 6.07) is 47.5. The van der Waals surface area contributed by atoms with Crippen LogP contribution in [0.4, 0.5) is 51.7 Å².